The van der Waals surface area contributed by atoms with Crippen LogP contribution < -0.4 is 5.32 Å². The molecule has 0 radical (unpaired) electrons. The normalized spacial score (nSPS) is 24.0. The molecule has 3 heteroatoms. The molecule has 0 aromatic heterocycles. The Kier molecular flexibility index (Phi) is 6.85. The number of rotatable bonds is 6. The molecule has 0 saturated heterocycles. The second kappa shape index (κ2) is 8.41. The lowest BCUT2D eigenvalue weighted by Gasteiger charge is -2.27. The van der Waals surface area contributed by atoms with Crippen LogP contribution in [0.15, 0.2) is 18.2 Å². The molecule has 1 fully saturated rings. The molecule has 1 aromatic carbocycles. The molecule has 0 aliphatic heterocycles. The highest BCUT2D eigenvalue weighted by Gasteiger charge is 2.18. The smallest absolute Gasteiger partial charge is 0.0595 e. The summed E-state index contributed by atoms with van der Waals surface area (Å²) in [7, 11) is 0. The fourth-order valence-corrected chi connectivity index (χ4v) is 3.61. The Morgan fingerprint density at radius 1 is 1.14 bits per heavy atom. The van der Waals surface area contributed by atoms with Gasteiger partial charge < -0.3 is 5.32 Å². The van der Waals surface area contributed by atoms with Gasteiger partial charge in [-0.05, 0) is 48.9 Å². The molecular weight excluding hydrogens is 301 g/mol. The van der Waals surface area contributed by atoms with Crippen molar-refractivity contribution in [3.63, 3.8) is 0 Å². The van der Waals surface area contributed by atoms with Crippen molar-refractivity contribution in [2.45, 2.75) is 58.4 Å². The molecule has 1 aliphatic carbocycles. The van der Waals surface area contributed by atoms with E-state index in [9.17, 15) is 0 Å². The Bertz CT molecular complexity index is 439. The van der Waals surface area contributed by atoms with Gasteiger partial charge in [-0.2, -0.15) is 0 Å². The zero-order valence-electron chi connectivity index (χ0n) is 13.2. The Labute approximate surface area is 139 Å². The minimum absolute atomic E-state index is 0.377. The molecule has 1 aromatic rings. The van der Waals surface area contributed by atoms with Crippen LogP contribution in [0.5, 0.6) is 0 Å². The van der Waals surface area contributed by atoms with Crippen molar-refractivity contribution in [1.29, 1.82) is 0 Å². The minimum Gasteiger partial charge on any atom is -0.310 e. The zero-order valence-corrected chi connectivity index (χ0v) is 14.7. The van der Waals surface area contributed by atoms with Crippen LogP contribution in [-0.2, 0) is 0 Å². The maximum Gasteiger partial charge on any atom is 0.0595 e. The molecule has 1 nitrogen and oxygen atoms in total. The Morgan fingerprint density at radius 2 is 1.86 bits per heavy atom. The molecule has 1 atom stereocenters. The van der Waals surface area contributed by atoms with E-state index in [-0.39, 0.29) is 0 Å². The van der Waals surface area contributed by atoms with Crippen LogP contribution in [0.25, 0.3) is 0 Å². The average molecular weight is 328 g/mol. The highest BCUT2D eigenvalue weighted by Crippen LogP contribution is 2.31. The zero-order chi connectivity index (χ0) is 15.2. The highest BCUT2D eigenvalue weighted by molar-refractivity contribution is 6.42. The van der Waals surface area contributed by atoms with Crippen molar-refractivity contribution in [1.82, 2.24) is 5.32 Å². The van der Waals surface area contributed by atoms with Gasteiger partial charge in [0.2, 0.25) is 0 Å². The van der Waals surface area contributed by atoms with Gasteiger partial charge in [0.05, 0.1) is 10.0 Å². The van der Waals surface area contributed by atoms with E-state index in [4.69, 9.17) is 23.2 Å². The van der Waals surface area contributed by atoms with Gasteiger partial charge in [0, 0.05) is 6.04 Å². The largest absolute Gasteiger partial charge is 0.310 e. The molecule has 1 N–H and O–H groups in total. The van der Waals surface area contributed by atoms with Gasteiger partial charge in [0.15, 0.2) is 0 Å². The summed E-state index contributed by atoms with van der Waals surface area (Å²) in [5, 5.41) is 4.97. The van der Waals surface area contributed by atoms with Crippen molar-refractivity contribution >= 4 is 23.2 Å². The predicted octanol–water partition coefficient (Wildman–Crippen LogP) is 6.25. The summed E-state index contributed by atoms with van der Waals surface area (Å²) >= 11 is 12.1. The summed E-state index contributed by atoms with van der Waals surface area (Å²) in [4.78, 5) is 0. The van der Waals surface area contributed by atoms with E-state index in [1.165, 1.54) is 37.7 Å². The summed E-state index contributed by atoms with van der Waals surface area (Å²) in [6.45, 7) is 5.69. The number of halogens is 2. The van der Waals surface area contributed by atoms with Gasteiger partial charge in [-0.25, -0.2) is 0 Å². The van der Waals surface area contributed by atoms with Crippen molar-refractivity contribution in [2.75, 3.05) is 6.54 Å². The minimum atomic E-state index is 0.377. The molecule has 1 saturated carbocycles. The van der Waals surface area contributed by atoms with Gasteiger partial charge in [0.25, 0.3) is 0 Å². The predicted molar refractivity (Wildman–Crippen MR) is 93.2 cm³/mol. The summed E-state index contributed by atoms with van der Waals surface area (Å²) in [6, 6.07) is 6.35. The summed E-state index contributed by atoms with van der Waals surface area (Å²) in [5.41, 5.74) is 1.24. The van der Waals surface area contributed by atoms with Crippen molar-refractivity contribution in [3.05, 3.63) is 33.8 Å². The quantitative estimate of drug-likeness (QED) is 0.651. The van der Waals surface area contributed by atoms with E-state index in [1.807, 2.05) is 12.1 Å². The van der Waals surface area contributed by atoms with E-state index < -0.39 is 0 Å². The molecule has 2 rings (SSSR count). The number of hydrogen-bond donors (Lipinski definition) is 1. The van der Waals surface area contributed by atoms with Gasteiger partial charge in [0.1, 0.15) is 0 Å². The van der Waals surface area contributed by atoms with Crippen LogP contribution in [0.3, 0.4) is 0 Å². The topological polar surface area (TPSA) is 12.0 Å². The van der Waals surface area contributed by atoms with Crippen molar-refractivity contribution in [3.8, 4) is 0 Å². The molecule has 118 valence electrons. The van der Waals surface area contributed by atoms with Crippen LogP contribution >= 0.6 is 23.2 Å². The van der Waals surface area contributed by atoms with Gasteiger partial charge in [-0.15, -0.1) is 0 Å². The van der Waals surface area contributed by atoms with Crippen molar-refractivity contribution in [2.24, 2.45) is 11.8 Å². The molecule has 0 bridgehead atoms. The maximum atomic E-state index is 6.12. The molecule has 21 heavy (non-hydrogen) atoms. The molecule has 1 aliphatic rings. The average Bonchev–Trinajstić information content (AvgIpc) is 2.49. The van der Waals surface area contributed by atoms with E-state index in [0.29, 0.717) is 16.1 Å². The molecule has 0 amide bonds. The van der Waals surface area contributed by atoms with E-state index in [2.05, 4.69) is 25.2 Å². The van der Waals surface area contributed by atoms with Crippen LogP contribution in [0, 0.1) is 11.8 Å². The lowest BCUT2D eigenvalue weighted by molar-refractivity contribution is 0.272. The van der Waals surface area contributed by atoms with Gasteiger partial charge in [-0.3, -0.25) is 0 Å². The third kappa shape index (κ3) is 5.16. The van der Waals surface area contributed by atoms with Crippen LogP contribution in [0.1, 0.15) is 64.0 Å². The molecule has 0 spiro atoms. The fraction of sp³-hybridized carbons (Fsp3) is 0.667. The summed E-state index contributed by atoms with van der Waals surface area (Å²) in [6.07, 6.45) is 8.01. The Hall–Kier alpha value is -0.240. The second-order valence-corrected chi connectivity index (χ2v) is 7.32. The standard InChI is InChI=1S/C18H27Cl2N/c1-3-18(15-8-9-16(19)17(20)12-15)21-11-10-14-6-4-13(2)5-7-14/h8-9,12-14,18,21H,3-7,10-11H2,1-2H3. The first kappa shape index (κ1) is 17.1. The molecule has 0 heterocycles. The first-order chi connectivity index (χ1) is 10.1. The Balaban J connectivity index is 1.81. The SMILES string of the molecule is CCC(NCCC1CCC(C)CC1)c1ccc(Cl)c(Cl)c1. The third-order valence-corrected chi connectivity index (χ3v) is 5.57. The summed E-state index contributed by atoms with van der Waals surface area (Å²) < 4.78 is 0. The van der Waals surface area contributed by atoms with Crippen LogP contribution in [0.4, 0.5) is 0 Å². The van der Waals surface area contributed by atoms with Crippen molar-refractivity contribution < 1.29 is 0 Å². The number of hydrogen-bond acceptors (Lipinski definition) is 1. The van der Waals surface area contributed by atoms with E-state index in [1.54, 1.807) is 0 Å². The van der Waals surface area contributed by atoms with Gasteiger partial charge >= 0.3 is 0 Å². The van der Waals surface area contributed by atoms with E-state index in [0.717, 1.165) is 24.8 Å². The molecular formula is C18H27Cl2N. The fourth-order valence-electron chi connectivity index (χ4n) is 3.31. The van der Waals surface area contributed by atoms with Crippen LogP contribution in [0.2, 0.25) is 10.0 Å². The van der Waals surface area contributed by atoms with E-state index >= 15 is 0 Å². The maximum absolute atomic E-state index is 6.12. The van der Waals surface area contributed by atoms with Gasteiger partial charge in [-0.1, -0.05) is 68.8 Å². The third-order valence-electron chi connectivity index (χ3n) is 4.83. The Morgan fingerprint density at radius 3 is 2.48 bits per heavy atom. The van der Waals surface area contributed by atoms with Crippen LogP contribution in [-0.4, -0.2) is 6.54 Å². The lowest BCUT2D eigenvalue weighted by atomic mass is 9.81. The second-order valence-electron chi connectivity index (χ2n) is 6.50. The first-order valence-electron chi connectivity index (χ1n) is 8.28. The lowest BCUT2D eigenvalue weighted by Crippen LogP contribution is -2.25. The monoisotopic (exact) mass is 327 g/mol. The number of nitrogens with one attached hydrogen (secondary N) is 1. The number of benzene rings is 1. The first-order valence-corrected chi connectivity index (χ1v) is 9.04. The summed E-state index contributed by atoms with van der Waals surface area (Å²) in [5.74, 6) is 1.86. The highest BCUT2D eigenvalue weighted by atomic mass is 35.5. The molecule has 1 unspecified atom stereocenters.